The zero-order valence-corrected chi connectivity index (χ0v) is 13.5. The Morgan fingerprint density at radius 1 is 1.32 bits per heavy atom. The monoisotopic (exact) mass is 366 g/mol. The van der Waals surface area contributed by atoms with Crippen LogP contribution in [0.25, 0.3) is 0 Å². The zero-order valence-electron chi connectivity index (χ0n) is 11.9. The van der Waals surface area contributed by atoms with Gasteiger partial charge in [-0.15, -0.1) is 0 Å². The third-order valence-electron chi connectivity index (χ3n) is 2.96. The number of rotatable bonds is 5. The van der Waals surface area contributed by atoms with Gasteiger partial charge in [0.15, 0.2) is 0 Å². The Bertz CT molecular complexity index is 670. The Balaban J connectivity index is 2.33. The van der Waals surface area contributed by atoms with E-state index in [0.717, 1.165) is 4.47 Å². The first-order valence-electron chi connectivity index (χ1n) is 6.62. The number of amides is 1. The van der Waals surface area contributed by atoms with Crippen LogP contribution in [0.4, 0.5) is 4.79 Å². The molecule has 0 bridgehead atoms. The number of ether oxygens (including phenoxy) is 1. The van der Waals surface area contributed by atoms with E-state index in [1.165, 1.54) is 17.1 Å². The van der Waals surface area contributed by atoms with E-state index in [2.05, 4.69) is 15.9 Å². The third kappa shape index (κ3) is 3.67. The summed E-state index contributed by atoms with van der Waals surface area (Å²) in [5.41, 5.74) is 0.830. The van der Waals surface area contributed by atoms with Crippen molar-refractivity contribution in [2.45, 2.75) is 13.5 Å². The molecule has 1 heterocycles. The third-order valence-corrected chi connectivity index (χ3v) is 3.73. The van der Waals surface area contributed by atoms with E-state index in [9.17, 15) is 9.59 Å². The molecule has 1 amide bonds. The van der Waals surface area contributed by atoms with Gasteiger partial charge in [-0.05, 0) is 42.8 Å². The normalized spacial score (nSPS) is 10.3. The van der Waals surface area contributed by atoms with E-state index >= 15 is 0 Å². The molecule has 7 heteroatoms. The van der Waals surface area contributed by atoms with E-state index in [1.807, 2.05) is 0 Å². The second-order valence-electron chi connectivity index (χ2n) is 4.43. The van der Waals surface area contributed by atoms with Crippen molar-refractivity contribution in [3.05, 3.63) is 58.3 Å². The largest absolute Gasteiger partial charge is 0.478 e. The lowest BCUT2D eigenvalue weighted by Crippen LogP contribution is -2.39. The molecule has 0 unspecified atom stereocenters. The molecule has 0 aliphatic rings. The fraction of sp³-hybridized carbons (Fsp3) is 0.200. The fourth-order valence-corrected chi connectivity index (χ4v) is 2.29. The number of hydrogen-bond donors (Lipinski definition) is 1. The molecule has 0 fully saturated rings. The van der Waals surface area contributed by atoms with Crippen LogP contribution >= 0.6 is 15.9 Å². The molecule has 0 radical (unpaired) electrons. The Morgan fingerprint density at radius 2 is 2.00 bits per heavy atom. The molecule has 0 aliphatic carbocycles. The van der Waals surface area contributed by atoms with E-state index in [4.69, 9.17) is 9.84 Å². The molecule has 2 aromatic rings. The highest BCUT2D eigenvalue weighted by atomic mass is 79.9. The first kappa shape index (κ1) is 16.1. The molecule has 6 nitrogen and oxygen atoms in total. The van der Waals surface area contributed by atoms with Gasteiger partial charge in [-0.2, -0.15) is 0 Å². The van der Waals surface area contributed by atoms with Gasteiger partial charge < -0.3 is 9.84 Å². The van der Waals surface area contributed by atoms with Crippen LogP contribution in [-0.4, -0.2) is 28.5 Å². The minimum atomic E-state index is -1.02. The molecule has 1 N–H and O–H groups in total. The molecule has 116 valence electrons. The van der Waals surface area contributed by atoms with Gasteiger partial charge in [0.2, 0.25) is 0 Å². The maximum absolute atomic E-state index is 12.1. The Kier molecular flexibility index (Phi) is 5.21. The fourth-order valence-electron chi connectivity index (χ4n) is 1.92. The Hall–Kier alpha value is -2.28. The van der Waals surface area contributed by atoms with Gasteiger partial charge in [-0.1, -0.05) is 15.9 Å². The lowest BCUT2D eigenvalue weighted by Gasteiger charge is -2.23. The summed E-state index contributed by atoms with van der Waals surface area (Å²) in [5, 5.41) is 10.5. The molecule has 2 rings (SSSR count). The van der Waals surface area contributed by atoms with Crippen LogP contribution < -0.4 is 5.01 Å². The quantitative estimate of drug-likeness (QED) is 0.881. The minimum Gasteiger partial charge on any atom is -0.478 e. The van der Waals surface area contributed by atoms with Crippen LogP contribution in [0.3, 0.4) is 0 Å². The lowest BCUT2D eigenvalue weighted by atomic mass is 10.1. The van der Waals surface area contributed by atoms with Crippen LogP contribution in [0.15, 0.2) is 47.2 Å². The molecule has 0 atom stereocenters. The minimum absolute atomic E-state index is 0.162. The highest BCUT2D eigenvalue weighted by Gasteiger charge is 2.18. The summed E-state index contributed by atoms with van der Waals surface area (Å²) in [6, 6.07) is 8.25. The maximum Gasteiger partial charge on any atom is 0.429 e. The molecule has 0 saturated heterocycles. The van der Waals surface area contributed by atoms with Crippen LogP contribution in [0.5, 0.6) is 0 Å². The van der Waals surface area contributed by atoms with Crippen LogP contribution in [0.2, 0.25) is 0 Å². The summed E-state index contributed by atoms with van der Waals surface area (Å²) >= 11 is 3.38. The first-order chi connectivity index (χ1) is 10.5. The van der Waals surface area contributed by atoms with Crippen LogP contribution in [-0.2, 0) is 11.3 Å². The van der Waals surface area contributed by atoms with Crippen LogP contribution in [0.1, 0.15) is 22.8 Å². The number of carbonyl (C=O) groups is 2. The average Bonchev–Trinajstić information content (AvgIpc) is 3.00. The van der Waals surface area contributed by atoms with E-state index in [-0.39, 0.29) is 18.7 Å². The van der Waals surface area contributed by atoms with Crippen molar-refractivity contribution in [3.8, 4) is 0 Å². The summed E-state index contributed by atoms with van der Waals surface area (Å²) < 4.78 is 7.37. The van der Waals surface area contributed by atoms with Crippen molar-refractivity contribution in [2.24, 2.45) is 0 Å². The topological polar surface area (TPSA) is 71.8 Å². The van der Waals surface area contributed by atoms with E-state index in [0.29, 0.717) is 5.56 Å². The number of benzene rings is 1. The molecule has 22 heavy (non-hydrogen) atoms. The Morgan fingerprint density at radius 3 is 2.59 bits per heavy atom. The maximum atomic E-state index is 12.1. The standard InChI is InChI=1S/C15H15BrN2O4/c1-2-22-15(21)18(17-7-3-4-8-17)10-12-9-11(14(19)20)5-6-13(12)16/h3-9H,2,10H2,1H3,(H,19,20). The number of carboxylic acids is 1. The lowest BCUT2D eigenvalue weighted by molar-refractivity contribution is 0.0696. The van der Waals surface area contributed by atoms with Crippen molar-refractivity contribution >= 4 is 28.0 Å². The number of halogens is 1. The number of carbonyl (C=O) groups excluding carboxylic acids is 1. The highest BCUT2D eigenvalue weighted by molar-refractivity contribution is 9.10. The molecular weight excluding hydrogens is 352 g/mol. The number of aromatic carboxylic acids is 1. The number of nitrogens with zero attached hydrogens (tertiary/aromatic N) is 2. The zero-order chi connectivity index (χ0) is 16.1. The summed E-state index contributed by atoms with van der Waals surface area (Å²) in [5.74, 6) is -1.02. The molecule has 0 aliphatic heterocycles. The van der Waals surface area contributed by atoms with Gasteiger partial charge in [-0.3, -0.25) is 4.68 Å². The predicted molar refractivity (Wildman–Crippen MR) is 84.5 cm³/mol. The van der Waals surface area contributed by atoms with Crippen molar-refractivity contribution in [1.29, 1.82) is 0 Å². The molecule has 1 aromatic carbocycles. The summed E-state index contributed by atoms with van der Waals surface area (Å²) in [7, 11) is 0. The highest BCUT2D eigenvalue weighted by Crippen LogP contribution is 2.20. The van der Waals surface area contributed by atoms with Gasteiger partial charge in [0, 0.05) is 16.9 Å². The smallest absolute Gasteiger partial charge is 0.429 e. The number of hydrogen-bond acceptors (Lipinski definition) is 3. The van der Waals surface area contributed by atoms with Gasteiger partial charge in [-0.25, -0.2) is 14.6 Å². The number of carboxylic acid groups (broad SMARTS) is 1. The predicted octanol–water partition coefficient (Wildman–Crippen LogP) is 3.24. The van der Waals surface area contributed by atoms with Crippen molar-refractivity contribution in [2.75, 3.05) is 11.6 Å². The molecular formula is C15H15BrN2O4. The van der Waals surface area contributed by atoms with E-state index < -0.39 is 12.1 Å². The van der Waals surface area contributed by atoms with Gasteiger partial charge in [0.25, 0.3) is 0 Å². The van der Waals surface area contributed by atoms with Crippen molar-refractivity contribution in [3.63, 3.8) is 0 Å². The van der Waals surface area contributed by atoms with E-state index in [1.54, 1.807) is 42.2 Å². The molecule has 1 aromatic heterocycles. The van der Waals surface area contributed by atoms with Gasteiger partial charge in [0.05, 0.1) is 18.7 Å². The summed E-state index contributed by atoms with van der Waals surface area (Å²) in [6.07, 6.45) is 2.92. The average molecular weight is 367 g/mol. The van der Waals surface area contributed by atoms with Gasteiger partial charge in [0.1, 0.15) is 0 Å². The molecule has 0 saturated carbocycles. The van der Waals surface area contributed by atoms with Gasteiger partial charge >= 0.3 is 12.1 Å². The Labute approximate surface area is 136 Å². The second kappa shape index (κ2) is 7.13. The summed E-state index contributed by atoms with van der Waals surface area (Å²) in [6.45, 7) is 2.16. The first-order valence-corrected chi connectivity index (χ1v) is 7.41. The SMILES string of the molecule is CCOC(=O)N(Cc1cc(C(=O)O)ccc1Br)n1cccc1. The van der Waals surface area contributed by atoms with Crippen LogP contribution in [0, 0.1) is 0 Å². The summed E-state index contributed by atoms with van der Waals surface area (Å²) in [4.78, 5) is 23.2. The van der Waals surface area contributed by atoms with Crippen molar-refractivity contribution in [1.82, 2.24) is 4.68 Å². The van der Waals surface area contributed by atoms with Crippen molar-refractivity contribution < 1.29 is 19.4 Å². The number of aromatic nitrogens is 1. The molecule has 0 spiro atoms. The second-order valence-corrected chi connectivity index (χ2v) is 5.29.